The minimum atomic E-state index is -0.572. The van der Waals surface area contributed by atoms with Crippen LogP contribution >= 0.6 is 0 Å². The molecule has 2 amide bonds. The van der Waals surface area contributed by atoms with Crippen LogP contribution in [-0.4, -0.2) is 35.8 Å². The zero-order valence-corrected chi connectivity index (χ0v) is 8.07. The minimum absolute atomic E-state index is 0.238. The number of rotatable bonds is 3. The van der Waals surface area contributed by atoms with Crippen LogP contribution in [0.3, 0.4) is 0 Å². The van der Waals surface area contributed by atoms with Crippen LogP contribution in [0.15, 0.2) is 11.6 Å². The maximum absolute atomic E-state index is 11.3. The van der Waals surface area contributed by atoms with E-state index in [-0.39, 0.29) is 13.2 Å². The van der Waals surface area contributed by atoms with Crippen LogP contribution in [0.4, 0.5) is 0 Å². The third-order valence-corrected chi connectivity index (χ3v) is 1.78. The molecule has 0 aromatic heterocycles. The number of carbonyl (C=O) groups is 3. The van der Waals surface area contributed by atoms with Crippen LogP contribution in [0.2, 0.25) is 0 Å². The maximum Gasteiger partial charge on any atom is 0.326 e. The molecule has 0 radical (unpaired) electrons. The number of ether oxygens (including phenoxy) is 1. The van der Waals surface area contributed by atoms with Crippen molar-refractivity contribution in [2.24, 2.45) is 0 Å². The van der Waals surface area contributed by atoms with E-state index in [1.165, 1.54) is 13.0 Å². The third kappa shape index (κ3) is 1.99. The van der Waals surface area contributed by atoms with E-state index in [0.29, 0.717) is 5.57 Å². The van der Waals surface area contributed by atoms with Crippen molar-refractivity contribution in [3.05, 3.63) is 11.6 Å². The van der Waals surface area contributed by atoms with Gasteiger partial charge in [-0.05, 0) is 13.8 Å². The van der Waals surface area contributed by atoms with Crippen molar-refractivity contribution < 1.29 is 19.1 Å². The van der Waals surface area contributed by atoms with Crippen LogP contribution in [0.1, 0.15) is 13.8 Å². The first-order chi connectivity index (χ1) is 6.56. The number of hydrogen-bond donors (Lipinski definition) is 0. The standard InChI is InChI=1S/C9H11NO4/c1-3-14-8(12)5-10-7(11)4-6(2)9(10)13/h4H,3,5H2,1-2H3. The van der Waals surface area contributed by atoms with Gasteiger partial charge >= 0.3 is 5.97 Å². The zero-order valence-electron chi connectivity index (χ0n) is 8.07. The van der Waals surface area contributed by atoms with Gasteiger partial charge in [0.1, 0.15) is 6.54 Å². The van der Waals surface area contributed by atoms with Gasteiger partial charge in [-0.3, -0.25) is 19.3 Å². The van der Waals surface area contributed by atoms with Crippen LogP contribution in [0.5, 0.6) is 0 Å². The van der Waals surface area contributed by atoms with Crippen LogP contribution in [0, 0.1) is 0 Å². The Bertz CT molecular complexity index is 319. The van der Waals surface area contributed by atoms with E-state index in [9.17, 15) is 14.4 Å². The highest BCUT2D eigenvalue weighted by Crippen LogP contribution is 2.11. The van der Waals surface area contributed by atoms with Gasteiger partial charge < -0.3 is 4.74 Å². The van der Waals surface area contributed by atoms with Gasteiger partial charge in [-0.25, -0.2) is 0 Å². The van der Waals surface area contributed by atoms with Crippen molar-refractivity contribution in [1.29, 1.82) is 0 Å². The van der Waals surface area contributed by atoms with Gasteiger partial charge in [-0.2, -0.15) is 0 Å². The molecule has 0 fully saturated rings. The molecule has 1 heterocycles. The molecule has 5 heteroatoms. The Kier molecular flexibility index (Phi) is 3.01. The molecule has 0 aromatic carbocycles. The van der Waals surface area contributed by atoms with Crippen LogP contribution < -0.4 is 0 Å². The van der Waals surface area contributed by atoms with E-state index in [1.54, 1.807) is 6.92 Å². The van der Waals surface area contributed by atoms with Crippen molar-refractivity contribution in [2.45, 2.75) is 13.8 Å². The second-order valence-corrected chi connectivity index (χ2v) is 2.86. The van der Waals surface area contributed by atoms with Gasteiger partial charge in [0.2, 0.25) is 0 Å². The molecule has 0 aliphatic carbocycles. The normalized spacial score (nSPS) is 15.9. The summed E-state index contributed by atoms with van der Waals surface area (Å²) in [5.74, 6) is -1.46. The first-order valence-corrected chi connectivity index (χ1v) is 4.26. The highest BCUT2D eigenvalue weighted by atomic mass is 16.5. The molecule has 1 rings (SSSR count). The number of nitrogens with zero attached hydrogens (tertiary/aromatic N) is 1. The molecule has 5 nitrogen and oxygen atoms in total. The Morgan fingerprint density at radius 3 is 2.57 bits per heavy atom. The van der Waals surface area contributed by atoms with Gasteiger partial charge in [-0.1, -0.05) is 0 Å². The molecule has 0 saturated heterocycles. The summed E-state index contributed by atoms with van der Waals surface area (Å²) in [5, 5.41) is 0. The first-order valence-electron chi connectivity index (χ1n) is 4.26. The van der Waals surface area contributed by atoms with Crippen molar-refractivity contribution in [1.82, 2.24) is 4.90 Å². The highest BCUT2D eigenvalue weighted by Gasteiger charge is 2.30. The lowest BCUT2D eigenvalue weighted by atomic mass is 10.3. The summed E-state index contributed by atoms with van der Waals surface area (Å²) < 4.78 is 4.63. The number of imide groups is 1. The fraction of sp³-hybridized carbons (Fsp3) is 0.444. The van der Waals surface area contributed by atoms with Gasteiger partial charge in [0.15, 0.2) is 0 Å². The molecule has 0 atom stereocenters. The summed E-state index contributed by atoms with van der Waals surface area (Å²) in [6.45, 7) is 3.13. The molecular weight excluding hydrogens is 186 g/mol. The molecule has 14 heavy (non-hydrogen) atoms. The molecule has 0 unspecified atom stereocenters. The van der Waals surface area contributed by atoms with Crippen molar-refractivity contribution in [3.8, 4) is 0 Å². The molecule has 0 bridgehead atoms. The van der Waals surface area contributed by atoms with Crippen molar-refractivity contribution in [2.75, 3.05) is 13.2 Å². The van der Waals surface area contributed by atoms with E-state index in [1.807, 2.05) is 0 Å². The third-order valence-electron chi connectivity index (χ3n) is 1.78. The van der Waals surface area contributed by atoms with E-state index in [2.05, 4.69) is 4.74 Å². The predicted octanol–water partition coefficient (Wildman–Crippen LogP) is -0.135. The van der Waals surface area contributed by atoms with Gasteiger partial charge in [0, 0.05) is 11.6 Å². The quantitative estimate of drug-likeness (QED) is 0.467. The Morgan fingerprint density at radius 1 is 1.50 bits per heavy atom. The first kappa shape index (κ1) is 10.4. The molecule has 76 valence electrons. The number of esters is 1. The zero-order chi connectivity index (χ0) is 10.7. The molecule has 0 saturated carbocycles. The summed E-state index contributed by atoms with van der Waals surface area (Å²) in [6.07, 6.45) is 1.21. The summed E-state index contributed by atoms with van der Waals surface area (Å²) in [6, 6.07) is 0. The Morgan fingerprint density at radius 2 is 2.14 bits per heavy atom. The van der Waals surface area contributed by atoms with Crippen LogP contribution in [-0.2, 0) is 19.1 Å². The smallest absolute Gasteiger partial charge is 0.326 e. The van der Waals surface area contributed by atoms with Gasteiger partial charge in [-0.15, -0.1) is 0 Å². The SMILES string of the molecule is CCOC(=O)CN1C(=O)C=C(C)C1=O. The average molecular weight is 197 g/mol. The lowest BCUT2D eigenvalue weighted by Crippen LogP contribution is -2.36. The fourth-order valence-corrected chi connectivity index (χ4v) is 1.12. The Balaban J connectivity index is 2.60. The van der Waals surface area contributed by atoms with E-state index >= 15 is 0 Å². The second kappa shape index (κ2) is 4.04. The molecule has 0 N–H and O–H groups in total. The van der Waals surface area contributed by atoms with E-state index in [0.717, 1.165) is 4.90 Å². The van der Waals surface area contributed by atoms with E-state index in [4.69, 9.17) is 0 Å². The molecule has 1 aliphatic heterocycles. The van der Waals surface area contributed by atoms with Gasteiger partial charge in [0.05, 0.1) is 6.61 Å². The summed E-state index contributed by atoms with van der Waals surface area (Å²) in [4.78, 5) is 34.3. The maximum atomic E-state index is 11.3. The molecule has 0 aromatic rings. The molecule has 1 aliphatic rings. The number of amides is 2. The summed E-state index contributed by atoms with van der Waals surface area (Å²) in [5.41, 5.74) is 0.347. The fourth-order valence-electron chi connectivity index (χ4n) is 1.12. The van der Waals surface area contributed by atoms with E-state index < -0.39 is 17.8 Å². The topological polar surface area (TPSA) is 63.7 Å². The van der Waals surface area contributed by atoms with Crippen molar-refractivity contribution >= 4 is 17.8 Å². The lowest BCUT2D eigenvalue weighted by molar-refractivity contribution is -0.151. The molecular formula is C9H11NO4. The monoisotopic (exact) mass is 197 g/mol. The van der Waals surface area contributed by atoms with Crippen molar-refractivity contribution in [3.63, 3.8) is 0 Å². The summed E-state index contributed by atoms with van der Waals surface area (Å²) >= 11 is 0. The minimum Gasteiger partial charge on any atom is -0.465 e. The lowest BCUT2D eigenvalue weighted by Gasteiger charge is -2.12. The number of hydrogen-bond acceptors (Lipinski definition) is 4. The highest BCUT2D eigenvalue weighted by molar-refractivity contribution is 6.16. The summed E-state index contributed by atoms with van der Waals surface area (Å²) in [7, 11) is 0. The Labute approximate surface area is 81.3 Å². The molecule has 0 spiro atoms. The number of carbonyl (C=O) groups excluding carboxylic acids is 3. The predicted molar refractivity (Wildman–Crippen MR) is 47.1 cm³/mol. The largest absolute Gasteiger partial charge is 0.465 e. The average Bonchev–Trinajstić information content (AvgIpc) is 2.33. The second-order valence-electron chi connectivity index (χ2n) is 2.86. The van der Waals surface area contributed by atoms with Gasteiger partial charge in [0.25, 0.3) is 11.8 Å². The Hall–Kier alpha value is -1.65. The van der Waals surface area contributed by atoms with Crippen LogP contribution in [0.25, 0.3) is 0 Å².